The maximum Gasteiger partial charge on any atom is 0.329 e. The van der Waals surface area contributed by atoms with Crippen LogP contribution in [0.3, 0.4) is 0 Å². The lowest BCUT2D eigenvalue weighted by atomic mass is 10.5. The second-order valence-electron chi connectivity index (χ2n) is 4.11. The van der Waals surface area contributed by atoms with E-state index in [1.807, 2.05) is 13.8 Å². The summed E-state index contributed by atoms with van der Waals surface area (Å²) in [5, 5.41) is 1.10. The topological polar surface area (TPSA) is 72.7 Å². The minimum absolute atomic E-state index is 0.303. The van der Waals surface area contributed by atoms with E-state index in [0.29, 0.717) is 16.4 Å². The van der Waals surface area contributed by atoms with Crippen LogP contribution in [0.2, 0.25) is 0 Å². The normalized spacial score (nSPS) is 11.6. The molecule has 6 nitrogen and oxygen atoms in total. The van der Waals surface area contributed by atoms with Gasteiger partial charge in [0.2, 0.25) is 0 Å². The molecule has 0 saturated carbocycles. The van der Waals surface area contributed by atoms with Crippen LogP contribution in [0.5, 0.6) is 0 Å². The van der Waals surface area contributed by atoms with Crippen molar-refractivity contribution in [2.24, 2.45) is 14.1 Å². The minimum atomic E-state index is -0.436. The van der Waals surface area contributed by atoms with E-state index in [1.54, 1.807) is 30.4 Å². The molecule has 92 valence electrons. The molecule has 0 radical (unpaired) electrons. The molecular formula is C10H14N4O2S. The number of aryl methyl sites for hydroxylation is 2. The van der Waals surface area contributed by atoms with E-state index >= 15 is 0 Å². The van der Waals surface area contributed by atoms with Gasteiger partial charge >= 0.3 is 5.69 Å². The molecule has 0 bridgehead atoms. The maximum absolute atomic E-state index is 11.6. The van der Waals surface area contributed by atoms with E-state index in [-0.39, 0.29) is 0 Å². The van der Waals surface area contributed by atoms with Gasteiger partial charge in [-0.25, -0.2) is 9.78 Å². The molecule has 0 aliphatic heterocycles. The van der Waals surface area contributed by atoms with Crippen molar-refractivity contribution in [1.29, 1.82) is 0 Å². The van der Waals surface area contributed by atoms with Crippen LogP contribution in [-0.4, -0.2) is 24.4 Å². The molecule has 17 heavy (non-hydrogen) atoms. The molecule has 0 saturated heterocycles. The molecule has 0 amide bonds. The standard InChI is InChI=1S/C10H14N4O2S/c1-5(2)17-10-11-6-7(15)12-9(16)13(3)8(6)14(10)4/h5H,1-4H3,(H,12,15,16). The summed E-state index contributed by atoms with van der Waals surface area (Å²) in [5.74, 6) is 0. The van der Waals surface area contributed by atoms with Gasteiger partial charge in [0.1, 0.15) is 5.65 Å². The molecule has 2 aromatic heterocycles. The Hall–Kier alpha value is -1.50. The van der Waals surface area contributed by atoms with Crippen molar-refractivity contribution in [1.82, 2.24) is 19.1 Å². The molecule has 0 aromatic carbocycles. The van der Waals surface area contributed by atoms with E-state index in [2.05, 4.69) is 9.97 Å². The Morgan fingerprint density at radius 3 is 2.47 bits per heavy atom. The van der Waals surface area contributed by atoms with Gasteiger partial charge in [-0.2, -0.15) is 0 Å². The van der Waals surface area contributed by atoms with Crippen LogP contribution in [0.1, 0.15) is 13.8 Å². The zero-order chi connectivity index (χ0) is 12.7. The third kappa shape index (κ3) is 1.90. The predicted octanol–water partition coefficient (Wildman–Crippen LogP) is 0.461. The van der Waals surface area contributed by atoms with Gasteiger partial charge < -0.3 is 4.57 Å². The SMILES string of the molecule is CC(C)Sc1nc2c(=O)[nH]c(=O)n(C)c2n1C. The number of fused-ring (bicyclic) bond motifs is 1. The van der Waals surface area contributed by atoms with E-state index in [1.165, 1.54) is 4.57 Å². The van der Waals surface area contributed by atoms with Gasteiger partial charge in [-0.1, -0.05) is 25.6 Å². The highest BCUT2D eigenvalue weighted by molar-refractivity contribution is 7.99. The highest BCUT2D eigenvalue weighted by Gasteiger charge is 2.15. The average molecular weight is 254 g/mol. The van der Waals surface area contributed by atoms with Crippen molar-refractivity contribution in [2.45, 2.75) is 24.3 Å². The number of H-pyrrole nitrogens is 1. The van der Waals surface area contributed by atoms with Gasteiger partial charge in [0.05, 0.1) is 0 Å². The molecule has 0 fully saturated rings. The minimum Gasteiger partial charge on any atom is -0.308 e. The van der Waals surface area contributed by atoms with E-state index in [0.717, 1.165) is 5.16 Å². The summed E-state index contributed by atoms with van der Waals surface area (Å²) in [6.07, 6.45) is 0. The molecule has 2 heterocycles. The van der Waals surface area contributed by atoms with Gasteiger partial charge in [-0.15, -0.1) is 0 Å². The molecule has 0 spiro atoms. The van der Waals surface area contributed by atoms with Crippen LogP contribution in [0.15, 0.2) is 14.7 Å². The number of rotatable bonds is 2. The monoisotopic (exact) mass is 254 g/mol. The Kier molecular flexibility index (Phi) is 2.86. The summed E-state index contributed by atoms with van der Waals surface area (Å²) in [5.41, 5.74) is -0.0134. The van der Waals surface area contributed by atoms with Crippen LogP contribution in [0, 0.1) is 0 Å². The summed E-state index contributed by atoms with van der Waals surface area (Å²) in [4.78, 5) is 29.7. The highest BCUT2D eigenvalue weighted by Crippen LogP contribution is 2.23. The molecular weight excluding hydrogens is 240 g/mol. The first-order valence-electron chi connectivity index (χ1n) is 5.24. The highest BCUT2D eigenvalue weighted by atomic mass is 32.2. The van der Waals surface area contributed by atoms with Crippen molar-refractivity contribution in [2.75, 3.05) is 0 Å². The number of thioether (sulfide) groups is 1. The quantitative estimate of drug-likeness (QED) is 0.790. The van der Waals surface area contributed by atoms with E-state index < -0.39 is 11.2 Å². The van der Waals surface area contributed by atoms with Gasteiger partial charge in [-0.3, -0.25) is 14.3 Å². The molecule has 2 aromatic rings. The van der Waals surface area contributed by atoms with Crippen molar-refractivity contribution in [3.8, 4) is 0 Å². The smallest absolute Gasteiger partial charge is 0.308 e. The lowest BCUT2D eigenvalue weighted by Gasteiger charge is -2.05. The van der Waals surface area contributed by atoms with Gasteiger partial charge in [0.15, 0.2) is 10.7 Å². The lowest BCUT2D eigenvalue weighted by Crippen LogP contribution is -2.29. The molecule has 0 atom stereocenters. The number of nitrogens with one attached hydrogen (secondary N) is 1. The van der Waals surface area contributed by atoms with Crippen LogP contribution in [-0.2, 0) is 14.1 Å². The van der Waals surface area contributed by atoms with Crippen molar-refractivity contribution >= 4 is 22.9 Å². The Balaban J connectivity index is 2.82. The molecule has 2 rings (SSSR count). The number of hydrogen-bond donors (Lipinski definition) is 1. The van der Waals surface area contributed by atoms with Crippen molar-refractivity contribution < 1.29 is 0 Å². The number of imidazole rings is 1. The van der Waals surface area contributed by atoms with Crippen molar-refractivity contribution in [3.63, 3.8) is 0 Å². The molecule has 0 aliphatic carbocycles. The maximum atomic E-state index is 11.6. The zero-order valence-electron chi connectivity index (χ0n) is 10.1. The fourth-order valence-corrected chi connectivity index (χ4v) is 2.47. The number of hydrogen-bond acceptors (Lipinski definition) is 4. The summed E-state index contributed by atoms with van der Waals surface area (Å²) in [6.45, 7) is 4.10. The first-order valence-corrected chi connectivity index (χ1v) is 6.12. The third-order valence-electron chi connectivity index (χ3n) is 2.42. The Bertz CT molecular complexity index is 680. The van der Waals surface area contributed by atoms with E-state index in [9.17, 15) is 9.59 Å². The van der Waals surface area contributed by atoms with Gasteiger partial charge in [0.25, 0.3) is 5.56 Å². The summed E-state index contributed by atoms with van der Waals surface area (Å²) >= 11 is 1.56. The van der Waals surface area contributed by atoms with Gasteiger partial charge in [0, 0.05) is 19.3 Å². The third-order valence-corrected chi connectivity index (χ3v) is 3.47. The Morgan fingerprint density at radius 1 is 1.24 bits per heavy atom. The first kappa shape index (κ1) is 12.0. The second kappa shape index (κ2) is 4.06. The summed E-state index contributed by atoms with van der Waals surface area (Å²) in [7, 11) is 3.42. The predicted molar refractivity (Wildman–Crippen MR) is 67.6 cm³/mol. The molecule has 1 N–H and O–H groups in total. The fourth-order valence-electron chi connectivity index (χ4n) is 1.66. The van der Waals surface area contributed by atoms with Crippen LogP contribution in [0.25, 0.3) is 11.2 Å². The Morgan fingerprint density at radius 2 is 1.88 bits per heavy atom. The number of aromatic amines is 1. The first-order chi connectivity index (χ1) is 7.91. The molecule has 0 aliphatic rings. The zero-order valence-corrected chi connectivity index (χ0v) is 11.0. The largest absolute Gasteiger partial charge is 0.329 e. The summed E-state index contributed by atoms with van der Waals surface area (Å²) in [6, 6.07) is 0. The van der Waals surface area contributed by atoms with Gasteiger partial charge in [-0.05, 0) is 0 Å². The van der Waals surface area contributed by atoms with Crippen LogP contribution >= 0.6 is 11.8 Å². The van der Waals surface area contributed by atoms with E-state index in [4.69, 9.17) is 0 Å². The molecule has 0 unspecified atom stereocenters. The van der Waals surface area contributed by atoms with Crippen LogP contribution < -0.4 is 11.2 Å². The summed E-state index contributed by atoms with van der Waals surface area (Å²) < 4.78 is 3.17. The van der Waals surface area contributed by atoms with Crippen LogP contribution in [0.4, 0.5) is 0 Å². The van der Waals surface area contributed by atoms with Crippen molar-refractivity contribution in [3.05, 3.63) is 20.8 Å². The number of aromatic nitrogens is 4. The average Bonchev–Trinajstić information content (AvgIpc) is 2.53. The lowest BCUT2D eigenvalue weighted by molar-refractivity contribution is 0.751. The molecule has 7 heteroatoms. The second-order valence-corrected chi connectivity index (χ2v) is 5.65. The number of nitrogens with zero attached hydrogens (tertiary/aromatic N) is 3. The fraction of sp³-hybridized carbons (Fsp3) is 0.500. The Labute approximate surface area is 102 Å².